The average molecular weight is 514 g/mol. The lowest BCUT2D eigenvalue weighted by Gasteiger charge is -2.36. The van der Waals surface area contributed by atoms with Gasteiger partial charge in [-0.3, -0.25) is 0 Å². The lowest BCUT2D eigenvalue weighted by Crippen LogP contribution is -2.50. The van der Waals surface area contributed by atoms with Crippen molar-refractivity contribution in [3.63, 3.8) is 0 Å². The summed E-state index contributed by atoms with van der Waals surface area (Å²) >= 11 is 1.50. The van der Waals surface area contributed by atoms with Gasteiger partial charge in [-0.05, 0) is 51.1 Å². The molecule has 4 aromatic rings. The molecule has 1 aliphatic rings. The third-order valence-corrected chi connectivity index (χ3v) is 6.87. The van der Waals surface area contributed by atoms with Crippen molar-refractivity contribution in [1.82, 2.24) is 24.5 Å². The van der Waals surface area contributed by atoms with Gasteiger partial charge in [0.1, 0.15) is 22.5 Å². The first-order chi connectivity index (χ1) is 17.8. The van der Waals surface area contributed by atoms with Gasteiger partial charge in [-0.1, -0.05) is 17.8 Å². The average Bonchev–Trinajstić information content (AvgIpc) is 3.32. The van der Waals surface area contributed by atoms with E-state index in [0.29, 0.717) is 31.7 Å². The summed E-state index contributed by atoms with van der Waals surface area (Å²) in [5.74, 6) is 0.864. The minimum absolute atomic E-state index is 0.275. The number of hydrogen-bond acceptors (Lipinski definition) is 8. The second-order valence-electron chi connectivity index (χ2n) is 9.69. The van der Waals surface area contributed by atoms with E-state index in [1.807, 2.05) is 69.6 Å². The van der Waals surface area contributed by atoms with E-state index in [0.717, 1.165) is 32.4 Å². The smallest absolute Gasteiger partial charge is 0.410 e. The lowest BCUT2D eigenvalue weighted by atomic mass is 10.1. The minimum atomic E-state index is -0.503. The SMILES string of the molecule is CC(C)(C)OC(=O)N1CCN(c2ccc(-c3cc(Sc4ccccn4)c4c(C#N)cnn4c3)cn2)CC1. The molecule has 1 amide bonds. The number of rotatable bonds is 4. The van der Waals surface area contributed by atoms with Gasteiger partial charge in [0, 0.05) is 60.8 Å². The first-order valence-electron chi connectivity index (χ1n) is 12.0. The molecule has 188 valence electrons. The quantitative estimate of drug-likeness (QED) is 0.381. The first-order valence-corrected chi connectivity index (χ1v) is 12.8. The van der Waals surface area contributed by atoms with Crippen LogP contribution in [0.25, 0.3) is 16.6 Å². The van der Waals surface area contributed by atoms with Gasteiger partial charge >= 0.3 is 6.09 Å². The molecule has 37 heavy (non-hydrogen) atoms. The van der Waals surface area contributed by atoms with E-state index in [1.54, 1.807) is 21.8 Å². The summed E-state index contributed by atoms with van der Waals surface area (Å²) in [7, 11) is 0. The van der Waals surface area contributed by atoms with Crippen molar-refractivity contribution in [2.24, 2.45) is 0 Å². The highest BCUT2D eigenvalue weighted by Crippen LogP contribution is 2.35. The number of nitrogens with zero attached hydrogens (tertiary/aromatic N) is 7. The zero-order chi connectivity index (χ0) is 26.0. The maximum absolute atomic E-state index is 12.4. The van der Waals surface area contributed by atoms with Gasteiger partial charge in [0.2, 0.25) is 0 Å². The molecule has 0 aromatic carbocycles. The molecule has 0 radical (unpaired) electrons. The van der Waals surface area contributed by atoms with Crippen LogP contribution in [0.1, 0.15) is 26.3 Å². The summed E-state index contributed by atoms with van der Waals surface area (Å²) in [4.78, 5) is 26.3. The number of ether oxygens (including phenoxy) is 1. The van der Waals surface area contributed by atoms with Crippen LogP contribution in [0.2, 0.25) is 0 Å². The van der Waals surface area contributed by atoms with E-state index in [4.69, 9.17) is 9.72 Å². The number of anilines is 1. The van der Waals surface area contributed by atoms with Crippen molar-refractivity contribution in [3.05, 3.63) is 66.7 Å². The number of piperazine rings is 1. The van der Waals surface area contributed by atoms with E-state index in [9.17, 15) is 10.1 Å². The molecule has 9 nitrogen and oxygen atoms in total. The molecular formula is C27H27N7O2S. The zero-order valence-corrected chi connectivity index (χ0v) is 21.8. The van der Waals surface area contributed by atoms with Crippen LogP contribution < -0.4 is 4.90 Å². The molecule has 0 spiro atoms. The van der Waals surface area contributed by atoms with Gasteiger partial charge in [-0.25, -0.2) is 19.3 Å². The number of amides is 1. The number of pyridine rings is 3. The van der Waals surface area contributed by atoms with Crippen LogP contribution in [0.3, 0.4) is 0 Å². The van der Waals surface area contributed by atoms with Crippen LogP contribution in [0.15, 0.2) is 71.1 Å². The molecule has 1 fully saturated rings. The maximum atomic E-state index is 12.4. The third kappa shape index (κ3) is 5.52. The van der Waals surface area contributed by atoms with Crippen molar-refractivity contribution >= 4 is 29.2 Å². The molecule has 0 saturated carbocycles. The van der Waals surface area contributed by atoms with Gasteiger partial charge in [0.15, 0.2) is 0 Å². The van der Waals surface area contributed by atoms with Crippen LogP contribution >= 0.6 is 11.8 Å². The second kappa shape index (κ2) is 10.1. The van der Waals surface area contributed by atoms with Crippen molar-refractivity contribution in [3.8, 4) is 17.2 Å². The second-order valence-corrected chi connectivity index (χ2v) is 10.7. The van der Waals surface area contributed by atoms with E-state index in [2.05, 4.69) is 21.1 Å². The summed E-state index contributed by atoms with van der Waals surface area (Å²) in [5, 5.41) is 14.8. The normalized spacial score (nSPS) is 14.0. The van der Waals surface area contributed by atoms with E-state index in [-0.39, 0.29) is 6.09 Å². The molecule has 1 saturated heterocycles. The van der Waals surface area contributed by atoms with Crippen molar-refractivity contribution < 1.29 is 9.53 Å². The first kappa shape index (κ1) is 24.6. The van der Waals surface area contributed by atoms with Crippen molar-refractivity contribution in [2.75, 3.05) is 31.1 Å². The fourth-order valence-corrected chi connectivity index (χ4v) is 5.08. The molecule has 0 N–H and O–H groups in total. The maximum Gasteiger partial charge on any atom is 0.410 e. The van der Waals surface area contributed by atoms with Gasteiger partial charge < -0.3 is 14.5 Å². The summed E-state index contributed by atoms with van der Waals surface area (Å²) in [6.07, 6.45) is 6.82. The summed E-state index contributed by atoms with van der Waals surface area (Å²) in [6.45, 7) is 8.17. The molecule has 5 rings (SSSR count). The van der Waals surface area contributed by atoms with E-state index >= 15 is 0 Å². The van der Waals surface area contributed by atoms with Crippen molar-refractivity contribution in [1.29, 1.82) is 5.26 Å². The van der Waals surface area contributed by atoms with Crippen LogP contribution in [-0.2, 0) is 4.74 Å². The van der Waals surface area contributed by atoms with Gasteiger partial charge in [0.05, 0.1) is 17.3 Å². The monoisotopic (exact) mass is 513 g/mol. The number of nitriles is 1. The molecule has 0 atom stereocenters. The van der Waals surface area contributed by atoms with Gasteiger partial charge in [0.25, 0.3) is 0 Å². The Kier molecular flexibility index (Phi) is 6.72. The molecular weight excluding hydrogens is 486 g/mol. The van der Waals surface area contributed by atoms with Crippen LogP contribution in [0.5, 0.6) is 0 Å². The number of hydrogen-bond donors (Lipinski definition) is 0. The van der Waals surface area contributed by atoms with Crippen LogP contribution in [0, 0.1) is 11.3 Å². The minimum Gasteiger partial charge on any atom is -0.444 e. The predicted molar refractivity (Wildman–Crippen MR) is 142 cm³/mol. The number of carbonyl (C=O) groups excluding carboxylic acids is 1. The summed E-state index contributed by atoms with van der Waals surface area (Å²) < 4.78 is 7.23. The van der Waals surface area contributed by atoms with Crippen LogP contribution in [0.4, 0.5) is 10.6 Å². The van der Waals surface area contributed by atoms with Crippen LogP contribution in [-0.4, -0.2) is 62.4 Å². The summed E-state index contributed by atoms with van der Waals surface area (Å²) in [6, 6.07) is 14.1. The van der Waals surface area contributed by atoms with E-state index in [1.165, 1.54) is 11.8 Å². The molecule has 1 aliphatic heterocycles. The molecule has 4 aromatic heterocycles. The Morgan fingerprint density at radius 2 is 1.86 bits per heavy atom. The van der Waals surface area contributed by atoms with E-state index < -0.39 is 5.60 Å². The van der Waals surface area contributed by atoms with Gasteiger partial charge in [-0.2, -0.15) is 10.4 Å². The Bertz CT molecular complexity index is 1450. The predicted octanol–water partition coefficient (Wildman–Crippen LogP) is 4.87. The Hall–Kier alpha value is -4.10. The standard InChI is InChI=1S/C27H27N7O2S/c1-27(2,3)36-26(35)33-12-10-32(11-13-33)23-8-7-19(16-30-23)20-14-22(37-24-6-4-5-9-29-24)25-21(15-28)17-31-34(25)18-20/h4-9,14,16-18H,10-13H2,1-3H3. The Morgan fingerprint density at radius 1 is 1.05 bits per heavy atom. The highest BCUT2D eigenvalue weighted by molar-refractivity contribution is 7.99. The zero-order valence-electron chi connectivity index (χ0n) is 21.0. The highest BCUT2D eigenvalue weighted by atomic mass is 32.2. The number of carbonyl (C=O) groups is 1. The Morgan fingerprint density at radius 3 is 2.51 bits per heavy atom. The molecule has 10 heteroatoms. The highest BCUT2D eigenvalue weighted by Gasteiger charge is 2.26. The molecule has 0 bridgehead atoms. The fraction of sp³-hybridized carbons (Fsp3) is 0.296. The fourth-order valence-electron chi connectivity index (χ4n) is 4.11. The topological polar surface area (TPSA) is 99.7 Å². The molecule has 0 unspecified atom stereocenters. The number of fused-ring (bicyclic) bond motifs is 1. The molecule has 5 heterocycles. The third-order valence-electron chi connectivity index (χ3n) is 5.89. The summed E-state index contributed by atoms with van der Waals surface area (Å²) in [5.41, 5.74) is 2.65. The number of aromatic nitrogens is 4. The largest absolute Gasteiger partial charge is 0.444 e. The lowest BCUT2D eigenvalue weighted by molar-refractivity contribution is 0.0240. The molecule has 0 aliphatic carbocycles. The van der Waals surface area contributed by atoms with Crippen molar-refractivity contribution in [2.45, 2.75) is 36.3 Å². The van der Waals surface area contributed by atoms with Gasteiger partial charge in [-0.15, -0.1) is 0 Å². The Balaban J connectivity index is 1.35. The Labute approximate surface area is 219 Å².